The van der Waals surface area contributed by atoms with Crippen LogP contribution in [0.2, 0.25) is 0 Å². The van der Waals surface area contributed by atoms with Gasteiger partial charge in [-0.3, -0.25) is 0 Å². The van der Waals surface area contributed by atoms with Gasteiger partial charge in [-0.2, -0.15) is 4.98 Å². The average molecular weight is 246 g/mol. The van der Waals surface area contributed by atoms with Gasteiger partial charge in [0.05, 0.1) is 0 Å². The van der Waals surface area contributed by atoms with Gasteiger partial charge < -0.3 is 9.42 Å². The van der Waals surface area contributed by atoms with Crippen molar-refractivity contribution in [2.45, 2.75) is 19.3 Å². The molecular weight excluding hydrogens is 234 g/mol. The van der Waals surface area contributed by atoms with Crippen molar-refractivity contribution in [3.05, 3.63) is 10.6 Å². The van der Waals surface area contributed by atoms with E-state index in [0.717, 1.165) is 31.9 Å². The second-order valence-corrected chi connectivity index (χ2v) is 3.96. The van der Waals surface area contributed by atoms with Gasteiger partial charge in [0.2, 0.25) is 0 Å². The predicted molar refractivity (Wildman–Crippen MR) is 51.5 cm³/mol. The van der Waals surface area contributed by atoms with Gasteiger partial charge in [-0.1, -0.05) is 12.1 Å². The summed E-state index contributed by atoms with van der Waals surface area (Å²) in [4.78, 5) is 7.06. The molecule has 0 aromatic carbocycles. The number of halogens is 1. The molecule has 0 aliphatic carbocycles. The molecule has 1 aromatic rings. The standard InChI is InChI=1S/C8H12BrN3O/c1-2-12-4-3-6(5-12)7-10-8(9)13-11-7/h6H,2-5H2,1H3. The minimum Gasteiger partial charge on any atom is -0.327 e. The fraction of sp³-hybridized carbons (Fsp3) is 0.750. The SMILES string of the molecule is CCN1CCC(c2noc(Br)n2)C1. The number of aromatic nitrogens is 2. The maximum atomic E-state index is 4.88. The summed E-state index contributed by atoms with van der Waals surface area (Å²) in [7, 11) is 0. The molecule has 0 bridgehead atoms. The van der Waals surface area contributed by atoms with Gasteiger partial charge >= 0.3 is 0 Å². The third kappa shape index (κ3) is 1.91. The van der Waals surface area contributed by atoms with Gasteiger partial charge in [0.1, 0.15) is 0 Å². The first-order chi connectivity index (χ1) is 6.29. The molecule has 1 saturated heterocycles. The van der Waals surface area contributed by atoms with E-state index in [9.17, 15) is 0 Å². The lowest BCUT2D eigenvalue weighted by atomic mass is 10.1. The fourth-order valence-electron chi connectivity index (χ4n) is 1.71. The van der Waals surface area contributed by atoms with Crippen LogP contribution < -0.4 is 0 Å². The first-order valence-electron chi connectivity index (χ1n) is 4.51. The molecule has 1 atom stereocenters. The van der Waals surface area contributed by atoms with Gasteiger partial charge in [0.15, 0.2) is 5.82 Å². The van der Waals surface area contributed by atoms with Crippen LogP contribution in [0.5, 0.6) is 0 Å². The second kappa shape index (κ2) is 3.75. The van der Waals surface area contributed by atoms with Crippen molar-refractivity contribution in [1.29, 1.82) is 0 Å². The van der Waals surface area contributed by atoms with Crippen molar-refractivity contribution < 1.29 is 4.52 Å². The summed E-state index contributed by atoms with van der Waals surface area (Å²) in [6.07, 6.45) is 1.14. The number of likely N-dealkylation sites (tertiary alicyclic amines) is 1. The first kappa shape index (κ1) is 9.15. The summed E-state index contributed by atoms with van der Waals surface area (Å²) in [6, 6.07) is 0. The third-order valence-electron chi connectivity index (χ3n) is 2.50. The van der Waals surface area contributed by atoms with Gasteiger partial charge in [-0.05, 0) is 19.5 Å². The number of rotatable bonds is 2. The number of hydrogen-bond acceptors (Lipinski definition) is 4. The zero-order valence-corrected chi connectivity index (χ0v) is 9.12. The molecule has 1 aromatic heterocycles. The van der Waals surface area contributed by atoms with E-state index in [2.05, 4.69) is 37.9 Å². The molecule has 0 saturated carbocycles. The summed E-state index contributed by atoms with van der Waals surface area (Å²) in [5.74, 6) is 1.29. The van der Waals surface area contributed by atoms with Crippen molar-refractivity contribution in [2.24, 2.45) is 0 Å². The average Bonchev–Trinajstić information content (AvgIpc) is 2.71. The molecule has 1 aliphatic heterocycles. The largest absolute Gasteiger partial charge is 0.327 e. The van der Waals surface area contributed by atoms with Crippen LogP contribution in [-0.4, -0.2) is 34.7 Å². The fourth-order valence-corrected chi connectivity index (χ4v) is 1.97. The van der Waals surface area contributed by atoms with E-state index in [1.165, 1.54) is 0 Å². The molecule has 4 nitrogen and oxygen atoms in total. The smallest absolute Gasteiger partial charge is 0.293 e. The van der Waals surface area contributed by atoms with Crippen LogP contribution in [0, 0.1) is 0 Å². The number of nitrogens with zero attached hydrogens (tertiary/aromatic N) is 3. The molecule has 0 amide bonds. The molecule has 1 unspecified atom stereocenters. The van der Waals surface area contributed by atoms with E-state index in [1.807, 2.05) is 0 Å². The Morgan fingerprint density at radius 3 is 3.08 bits per heavy atom. The molecule has 1 fully saturated rings. The third-order valence-corrected chi connectivity index (χ3v) is 2.82. The Labute approximate surface area is 85.4 Å². The highest BCUT2D eigenvalue weighted by Crippen LogP contribution is 2.25. The van der Waals surface area contributed by atoms with E-state index in [0.29, 0.717) is 10.7 Å². The van der Waals surface area contributed by atoms with Crippen LogP contribution in [0.25, 0.3) is 0 Å². The molecule has 13 heavy (non-hydrogen) atoms. The van der Waals surface area contributed by atoms with Gasteiger partial charge in [-0.15, -0.1) is 0 Å². The number of hydrogen-bond donors (Lipinski definition) is 0. The van der Waals surface area contributed by atoms with E-state index in [-0.39, 0.29) is 0 Å². The Balaban J connectivity index is 2.03. The minimum absolute atomic E-state index is 0.454. The van der Waals surface area contributed by atoms with E-state index in [4.69, 9.17) is 4.52 Å². The van der Waals surface area contributed by atoms with Gasteiger partial charge in [0, 0.05) is 28.4 Å². The Morgan fingerprint density at radius 1 is 1.69 bits per heavy atom. The molecule has 2 heterocycles. The quantitative estimate of drug-likeness (QED) is 0.795. The Morgan fingerprint density at radius 2 is 2.54 bits per heavy atom. The minimum atomic E-state index is 0.454. The number of likely N-dealkylation sites (N-methyl/N-ethyl adjacent to an activating group) is 1. The Hall–Kier alpha value is -0.420. The normalized spacial score (nSPS) is 24.0. The van der Waals surface area contributed by atoms with E-state index >= 15 is 0 Å². The van der Waals surface area contributed by atoms with Crippen LogP contribution in [0.15, 0.2) is 9.32 Å². The van der Waals surface area contributed by atoms with Crippen molar-refractivity contribution in [2.75, 3.05) is 19.6 Å². The highest BCUT2D eigenvalue weighted by atomic mass is 79.9. The maximum Gasteiger partial charge on any atom is 0.293 e. The van der Waals surface area contributed by atoms with Crippen LogP contribution in [0.4, 0.5) is 0 Å². The molecule has 0 radical (unpaired) electrons. The van der Waals surface area contributed by atoms with Crippen LogP contribution >= 0.6 is 15.9 Å². The van der Waals surface area contributed by atoms with Crippen molar-refractivity contribution in [3.8, 4) is 0 Å². The molecular formula is C8H12BrN3O. The lowest BCUT2D eigenvalue weighted by Gasteiger charge is -2.10. The van der Waals surface area contributed by atoms with Crippen LogP contribution in [-0.2, 0) is 0 Å². The molecule has 0 N–H and O–H groups in total. The lowest BCUT2D eigenvalue weighted by molar-refractivity contribution is 0.348. The highest BCUT2D eigenvalue weighted by Gasteiger charge is 2.26. The van der Waals surface area contributed by atoms with Gasteiger partial charge in [-0.25, -0.2) is 0 Å². The lowest BCUT2D eigenvalue weighted by Crippen LogP contribution is -2.19. The Kier molecular flexibility index (Phi) is 2.64. The second-order valence-electron chi connectivity index (χ2n) is 3.28. The monoisotopic (exact) mass is 245 g/mol. The van der Waals surface area contributed by atoms with Crippen LogP contribution in [0.3, 0.4) is 0 Å². The first-order valence-corrected chi connectivity index (χ1v) is 5.30. The van der Waals surface area contributed by atoms with Crippen molar-refractivity contribution in [3.63, 3.8) is 0 Å². The topological polar surface area (TPSA) is 42.2 Å². The summed E-state index contributed by atoms with van der Waals surface area (Å²) in [6.45, 7) is 5.49. The summed E-state index contributed by atoms with van der Waals surface area (Å²) in [5.41, 5.74) is 0. The van der Waals surface area contributed by atoms with Crippen LogP contribution in [0.1, 0.15) is 25.1 Å². The molecule has 1 aliphatic rings. The molecule has 0 spiro atoms. The highest BCUT2D eigenvalue weighted by molar-refractivity contribution is 9.10. The molecule has 2 rings (SSSR count). The van der Waals surface area contributed by atoms with E-state index < -0.39 is 0 Å². The summed E-state index contributed by atoms with van der Waals surface area (Å²) >= 11 is 3.16. The maximum absolute atomic E-state index is 4.88. The summed E-state index contributed by atoms with van der Waals surface area (Å²) in [5, 5.41) is 3.91. The Bertz CT molecular complexity index is 289. The zero-order valence-electron chi connectivity index (χ0n) is 7.53. The van der Waals surface area contributed by atoms with Crippen molar-refractivity contribution >= 4 is 15.9 Å². The van der Waals surface area contributed by atoms with Gasteiger partial charge in [0.25, 0.3) is 4.80 Å². The predicted octanol–water partition coefficient (Wildman–Crippen LogP) is 1.64. The summed E-state index contributed by atoms with van der Waals surface area (Å²) < 4.78 is 4.88. The zero-order chi connectivity index (χ0) is 9.26. The molecule has 72 valence electrons. The van der Waals surface area contributed by atoms with Crippen molar-refractivity contribution in [1.82, 2.24) is 15.0 Å². The van der Waals surface area contributed by atoms with E-state index in [1.54, 1.807) is 0 Å². The molecule has 5 heteroatoms.